The van der Waals surface area contributed by atoms with Crippen molar-refractivity contribution in [2.75, 3.05) is 39.5 Å². The minimum absolute atomic E-state index is 0.0769. The first-order valence-electron chi connectivity index (χ1n) is 10.1. The zero-order valence-corrected chi connectivity index (χ0v) is 17.4. The molecule has 31 heavy (non-hydrogen) atoms. The Labute approximate surface area is 181 Å². The van der Waals surface area contributed by atoms with Crippen molar-refractivity contribution in [1.29, 1.82) is 5.26 Å². The second-order valence-electron chi connectivity index (χ2n) is 6.81. The van der Waals surface area contributed by atoms with Crippen LogP contribution in [0.3, 0.4) is 0 Å². The lowest BCUT2D eigenvalue weighted by atomic mass is 10.1. The van der Waals surface area contributed by atoms with Crippen molar-refractivity contribution in [3.63, 3.8) is 0 Å². The first kappa shape index (κ1) is 22.1. The second-order valence-corrected chi connectivity index (χ2v) is 6.81. The molecule has 1 aliphatic rings. The molecule has 1 heterocycles. The number of nitrogens with zero attached hydrogens (tertiary/aromatic N) is 2. The van der Waals surface area contributed by atoms with E-state index in [4.69, 9.17) is 19.5 Å². The number of hydrogen-bond acceptors (Lipinski definition) is 6. The topological polar surface area (TPSA) is 88.9 Å². The van der Waals surface area contributed by atoms with Gasteiger partial charge in [-0.3, -0.25) is 9.59 Å². The van der Waals surface area contributed by atoms with Crippen LogP contribution in [-0.2, 0) is 9.53 Å². The molecular formula is C24H24N2O5. The van der Waals surface area contributed by atoms with Crippen LogP contribution in [0.5, 0.6) is 11.5 Å². The van der Waals surface area contributed by atoms with E-state index >= 15 is 0 Å². The maximum Gasteiger partial charge on any atom is 0.260 e. The van der Waals surface area contributed by atoms with E-state index in [2.05, 4.69) is 0 Å². The van der Waals surface area contributed by atoms with Gasteiger partial charge >= 0.3 is 0 Å². The van der Waals surface area contributed by atoms with E-state index in [1.165, 1.54) is 6.08 Å². The molecule has 2 aromatic carbocycles. The minimum atomic E-state index is -0.168. The minimum Gasteiger partial charge on any atom is -0.490 e. The van der Waals surface area contributed by atoms with E-state index in [0.29, 0.717) is 55.5 Å². The Balaban J connectivity index is 1.65. The van der Waals surface area contributed by atoms with E-state index in [1.807, 2.05) is 13.0 Å². The molecule has 160 valence electrons. The summed E-state index contributed by atoms with van der Waals surface area (Å²) in [5, 5.41) is 8.85. The number of allylic oxidation sites excluding steroid dienone is 1. The van der Waals surface area contributed by atoms with Crippen molar-refractivity contribution in [3.8, 4) is 17.6 Å². The van der Waals surface area contributed by atoms with Gasteiger partial charge in [-0.25, -0.2) is 0 Å². The molecule has 0 atom stereocenters. The number of ketones is 1. The molecule has 7 heteroatoms. The van der Waals surface area contributed by atoms with Crippen LogP contribution in [0, 0.1) is 11.3 Å². The highest BCUT2D eigenvalue weighted by Crippen LogP contribution is 2.29. The lowest BCUT2D eigenvalue weighted by Crippen LogP contribution is -2.43. The largest absolute Gasteiger partial charge is 0.490 e. The highest BCUT2D eigenvalue weighted by atomic mass is 16.5. The highest BCUT2D eigenvalue weighted by molar-refractivity contribution is 6.06. The highest BCUT2D eigenvalue weighted by Gasteiger charge is 2.18. The fourth-order valence-electron chi connectivity index (χ4n) is 3.04. The standard InChI is InChI=1S/C24H24N2O5/c1-2-30-23-15-18(5-9-21(27)20-7-3-19(16-25)4-8-20)6-10-22(23)31-17-24(28)26-11-13-29-14-12-26/h3-10,15H,2,11-14,17H2,1H3. The van der Waals surface area contributed by atoms with Gasteiger partial charge in [0.1, 0.15) is 0 Å². The summed E-state index contributed by atoms with van der Waals surface area (Å²) in [5.74, 6) is 0.714. The molecule has 1 fully saturated rings. The van der Waals surface area contributed by atoms with Crippen molar-refractivity contribution < 1.29 is 23.8 Å². The SMILES string of the molecule is CCOc1cc(C=CC(=O)c2ccc(C#N)cc2)ccc1OCC(=O)N1CCOCC1. The third-order valence-electron chi connectivity index (χ3n) is 4.71. The van der Waals surface area contributed by atoms with Gasteiger partial charge in [0.25, 0.3) is 5.91 Å². The summed E-state index contributed by atoms with van der Waals surface area (Å²) in [6.07, 6.45) is 3.15. The van der Waals surface area contributed by atoms with Gasteiger partial charge in [-0.2, -0.15) is 5.26 Å². The number of carbonyl (C=O) groups is 2. The maximum atomic E-state index is 12.3. The number of ether oxygens (including phenoxy) is 3. The molecule has 0 aromatic heterocycles. The smallest absolute Gasteiger partial charge is 0.260 e. The predicted octanol–water partition coefficient (Wildman–Crippen LogP) is 3.09. The first-order chi connectivity index (χ1) is 15.1. The Kier molecular flexibility index (Phi) is 7.79. The zero-order valence-electron chi connectivity index (χ0n) is 17.4. The molecule has 1 saturated heterocycles. The summed E-state index contributed by atoms with van der Waals surface area (Å²) in [6, 6.07) is 13.8. The normalized spacial score (nSPS) is 13.6. The number of nitriles is 1. The van der Waals surface area contributed by atoms with E-state index < -0.39 is 0 Å². The summed E-state index contributed by atoms with van der Waals surface area (Å²) in [6.45, 7) is 4.43. The van der Waals surface area contributed by atoms with Crippen LogP contribution in [0.4, 0.5) is 0 Å². The van der Waals surface area contributed by atoms with Crippen molar-refractivity contribution in [2.24, 2.45) is 0 Å². The van der Waals surface area contributed by atoms with Crippen LogP contribution < -0.4 is 9.47 Å². The molecule has 2 aromatic rings. The lowest BCUT2D eigenvalue weighted by Gasteiger charge is -2.26. The number of hydrogen-bond donors (Lipinski definition) is 0. The maximum absolute atomic E-state index is 12.3. The monoisotopic (exact) mass is 420 g/mol. The van der Waals surface area contributed by atoms with Gasteiger partial charge in [-0.1, -0.05) is 12.1 Å². The number of rotatable bonds is 8. The van der Waals surface area contributed by atoms with Gasteiger partial charge in [0.2, 0.25) is 0 Å². The molecule has 7 nitrogen and oxygen atoms in total. The molecule has 1 aliphatic heterocycles. The molecule has 0 unspecified atom stereocenters. The van der Waals surface area contributed by atoms with E-state index in [0.717, 1.165) is 5.56 Å². The lowest BCUT2D eigenvalue weighted by molar-refractivity contribution is -0.137. The molecule has 0 saturated carbocycles. The Hall–Kier alpha value is -3.63. The fourth-order valence-corrected chi connectivity index (χ4v) is 3.04. The Morgan fingerprint density at radius 1 is 1.10 bits per heavy atom. The van der Waals surface area contributed by atoms with Gasteiger partial charge in [-0.15, -0.1) is 0 Å². The summed E-state index contributed by atoms with van der Waals surface area (Å²) >= 11 is 0. The zero-order chi connectivity index (χ0) is 22.1. The molecular weight excluding hydrogens is 396 g/mol. The average molecular weight is 420 g/mol. The van der Waals surface area contributed by atoms with Crippen molar-refractivity contribution in [3.05, 3.63) is 65.2 Å². The van der Waals surface area contributed by atoms with Crippen molar-refractivity contribution in [1.82, 2.24) is 4.90 Å². The van der Waals surface area contributed by atoms with Crippen LogP contribution >= 0.6 is 0 Å². The van der Waals surface area contributed by atoms with Gasteiger partial charge in [0.05, 0.1) is 31.5 Å². The van der Waals surface area contributed by atoms with Gasteiger partial charge < -0.3 is 19.1 Å². The van der Waals surface area contributed by atoms with Crippen molar-refractivity contribution in [2.45, 2.75) is 6.92 Å². The van der Waals surface area contributed by atoms with Gasteiger partial charge in [0.15, 0.2) is 23.9 Å². The van der Waals surface area contributed by atoms with Crippen LogP contribution in [0.1, 0.15) is 28.4 Å². The van der Waals surface area contributed by atoms with Crippen LogP contribution in [-0.4, -0.2) is 56.1 Å². The molecule has 0 radical (unpaired) electrons. The summed E-state index contributed by atoms with van der Waals surface area (Å²) in [7, 11) is 0. The van der Waals surface area contributed by atoms with Crippen LogP contribution in [0.15, 0.2) is 48.5 Å². The van der Waals surface area contributed by atoms with E-state index in [1.54, 1.807) is 53.4 Å². The summed E-state index contributed by atoms with van der Waals surface area (Å²) in [4.78, 5) is 26.4. The number of carbonyl (C=O) groups excluding carboxylic acids is 2. The third-order valence-corrected chi connectivity index (χ3v) is 4.71. The predicted molar refractivity (Wildman–Crippen MR) is 115 cm³/mol. The Bertz CT molecular complexity index is 986. The summed E-state index contributed by atoms with van der Waals surface area (Å²) < 4.78 is 16.6. The first-order valence-corrected chi connectivity index (χ1v) is 10.1. The van der Waals surface area contributed by atoms with Crippen LogP contribution in [0.25, 0.3) is 6.08 Å². The number of morpholine rings is 1. The van der Waals surface area contributed by atoms with Gasteiger partial charge in [0, 0.05) is 18.7 Å². The van der Waals surface area contributed by atoms with Crippen molar-refractivity contribution >= 4 is 17.8 Å². The second kappa shape index (κ2) is 11.0. The molecule has 0 bridgehead atoms. The quantitative estimate of drug-likeness (QED) is 0.482. The third kappa shape index (κ3) is 6.17. The average Bonchev–Trinajstić information content (AvgIpc) is 2.82. The van der Waals surface area contributed by atoms with E-state index in [-0.39, 0.29) is 18.3 Å². The molecule has 0 N–H and O–H groups in total. The van der Waals surface area contributed by atoms with E-state index in [9.17, 15) is 9.59 Å². The Morgan fingerprint density at radius 2 is 1.84 bits per heavy atom. The summed E-state index contributed by atoms with van der Waals surface area (Å²) in [5.41, 5.74) is 1.77. The number of amides is 1. The van der Waals surface area contributed by atoms with Crippen LogP contribution in [0.2, 0.25) is 0 Å². The van der Waals surface area contributed by atoms with Gasteiger partial charge in [-0.05, 0) is 55.0 Å². The molecule has 0 aliphatic carbocycles. The fraction of sp³-hybridized carbons (Fsp3) is 0.292. The molecule has 3 rings (SSSR count). The number of benzene rings is 2. The Morgan fingerprint density at radius 3 is 2.52 bits per heavy atom. The molecule has 1 amide bonds. The molecule has 0 spiro atoms.